The molecule has 2 heterocycles. The van der Waals surface area contributed by atoms with Crippen LogP contribution in [0, 0.1) is 6.92 Å². The third-order valence-corrected chi connectivity index (χ3v) is 6.82. The first-order chi connectivity index (χ1) is 14.6. The van der Waals surface area contributed by atoms with Crippen molar-refractivity contribution in [3.05, 3.63) is 65.2 Å². The van der Waals surface area contributed by atoms with Gasteiger partial charge in [-0.05, 0) is 62.4 Å². The first-order valence-electron chi connectivity index (χ1n) is 11.5. The first-order valence-corrected chi connectivity index (χ1v) is 11.5. The highest BCUT2D eigenvalue weighted by Crippen LogP contribution is 2.31. The summed E-state index contributed by atoms with van der Waals surface area (Å²) in [4.78, 5) is 18.8. The van der Waals surface area contributed by atoms with Gasteiger partial charge in [0, 0.05) is 45.3 Å². The van der Waals surface area contributed by atoms with Crippen molar-refractivity contribution < 1.29 is 4.79 Å². The van der Waals surface area contributed by atoms with Crippen LogP contribution in [-0.2, 0) is 11.2 Å². The van der Waals surface area contributed by atoms with Crippen LogP contribution in [0.3, 0.4) is 0 Å². The van der Waals surface area contributed by atoms with Gasteiger partial charge in [-0.15, -0.1) is 0 Å². The van der Waals surface area contributed by atoms with Crippen molar-refractivity contribution in [2.75, 3.05) is 44.7 Å². The van der Waals surface area contributed by atoms with Gasteiger partial charge < -0.3 is 9.80 Å². The number of amides is 1. The summed E-state index contributed by atoms with van der Waals surface area (Å²) in [5.74, 6) is 0.267. The number of carbonyl (C=O) groups excluding carboxylic acids is 1. The quantitative estimate of drug-likeness (QED) is 0.638. The molecule has 2 fully saturated rings. The number of benzene rings is 2. The zero-order chi connectivity index (χ0) is 20.9. The summed E-state index contributed by atoms with van der Waals surface area (Å²) >= 11 is 0. The molecule has 0 radical (unpaired) electrons. The maximum Gasteiger partial charge on any atom is 0.222 e. The molecule has 4 heteroatoms. The molecule has 2 aliphatic rings. The summed E-state index contributed by atoms with van der Waals surface area (Å²) in [5, 5.41) is 0. The molecule has 30 heavy (non-hydrogen) atoms. The topological polar surface area (TPSA) is 26.8 Å². The van der Waals surface area contributed by atoms with E-state index in [0.29, 0.717) is 6.42 Å². The second kappa shape index (κ2) is 9.65. The zero-order valence-corrected chi connectivity index (χ0v) is 18.5. The number of rotatable bonds is 7. The predicted molar refractivity (Wildman–Crippen MR) is 124 cm³/mol. The predicted octanol–water partition coefficient (Wildman–Crippen LogP) is 4.43. The normalized spacial score (nSPS) is 20.2. The monoisotopic (exact) mass is 405 g/mol. The van der Waals surface area contributed by atoms with Crippen molar-refractivity contribution in [3.63, 3.8) is 0 Å². The molecule has 0 aliphatic carbocycles. The Kier molecular flexibility index (Phi) is 6.73. The number of hydrogen-bond acceptors (Lipinski definition) is 3. The number of carbonyl (C=O) groups is 1. The maximum atomic E-state index is 11.8. The van der Waals surface area contributed by atoms with Gasteiger partial charge in [0.15, 0.2) is 0 Å². The number of likely N-dealkylation sites (tertiary alicyclic amines) is 1. The van der Waals surface area contributed by atoms with E-state index in [2.05, 4.69) is 65.3 Å². The van der Waals surface area contributed by atoms with Crippen LogP contribution in [0.15, 0.2) is 48.5 Å². The molecule has 2 aromatic carbocycles. The fraction of sp³-hybridized carbons (Fsp3) is 0.500. The standard InChI is InChI=1S/C26H35N3O/c1-21-6-12-24(13-7-21)29-19-17-28(18-20-29)16-4-3-5-22-8-10-23(11-9-22)25-14-15-26(30)27(25)2/h6-13,25H,3-5,14-20H2,1-2H3. The number of piperazine rings is 1. The van der Waals surface area contributed by atoms with E-state index in [4.69, 9.17) is 0 Å². The Morgan fingerprint density at radius 3 is 2.23 bits per heavy atom. The van der Waals surface area contributed by atoms with Crippen LogP contribution in [0.5, 0.6) is 0 Å². The van der Waals surface area contributed by atoms with Crippen LogP contribution < -0.4 is 4.90 Å². The van der Waals surface area contributed by atoms with Gasteiger partial charge in [0.2, 0.25) is 5.91 Å². The molecule has 0 bridgehead atoms. The molecule has 0 N–H and O–H groups in total. The smallest absolute Gasteiger partial charge is 0.222 e. The third-order valence-electron chi connectivity index (χ3n) is 6.82. The van der Waals surface area contributed by atoms with E-state index in [1.54, 1.807) is 0 Å². The molecule has 160 valence electrons. The number of anilines is 1. The molecule has 0 saturated carbocycles. The molecule has 1 unspecified atom stereocenters. The highest BCUT2D eigenvalue weighted by molar-refractivity contribution is 5.78. The average Bonchev–Trinajstić information content (AvgIpc) is 3.11. The van der Waals surface area contributed by atoms with E-state index in [0.717, 1.165) is 39.0 Å². The van der Waals surface area contributed by atoms with Crippen LogP contribution in [0.1, 0.15) is 48.4 Å². The summed E-state index contributed by atoms with van der Waals surface area (Å²) in [5.41, 5.74) is 5.37. The average molecular weight is 406 g/mol. The summed E-state index contributed by atoms with van der Waals surface area (Å²) in [6, 6.07) is 18.1. The van der Waals surface area contributed by atoms with Crippen molar-refractivity contribution in [1.29, 1.82) is 0 Å². The molecule has 2 aliphatic heterocycles. The first kappa shape index (κ1) is 20.9. The summed E-state index contributed by atoms with van der Waals surface area (Å²) in [6.45, 7) is 7.93. The lowest BCUT2D eigenvalue weighted by Gasteiger charge is -2.36. The van der Waals surface area contributed by atoms with Crippen LogP contribution >= 0.6 is 0 Å². The molecule has 0 aromatic heterocycles. The molecule has 2 saturated heterocycles. The fourth-order valence-electron chi connectivity index (χ4n) is 4.75. The van der Waals surface area contributed by atoms with E-state index < -0.39 is 0 Å². The third kappa shape index (κ3) is 5.04. The van der Waals surface area contributed by atoms with Crippen molar-refractivity contribution in [1.82, 2.24) is 9.80 Å². The molecule has 0 spiro atoms. The van der Waals surface area contributed by atoms with Gasteiger partial charge >= 0.3 is 0 Å². The minimum atomic E-state index is 0.267. The molecule has 4 nitrogen and oxygen atoms in total. The van der Waals surface area contributed by atoms with Crippen molar-refractivity contribution >= 4 is 11.6 Å². The van der Waals surface area contributed by atoms with Gasteiger partial charge in [-0.25, -0.2) is 0 Å². The molecular weight excluding hydrogens is 370 g/mol. The van der Waals surface area contributed by atoms with Crippen molar-refractivity contribution in [2.45, 2.75) is 45.1 Å². The van der Waals surface area contributed by atoms with Crippen molar-refractivity contribution in [3.8, 4) is 0 Å². The lowest BCUT2D eigenvalue weighted by molar-refractivity contribution is -0.127. The minimum Gasteiger partial charge on any atom is -0.369 e. The second-order valence-electron chi connectivity index (χ2n) is 8.92. The Morgan fingerprint density at radius 2 is 1.60 bits per heavy atom. The Bertz CT molecular complexity index is 822. The van der Waals surface area contributed by atoms with E-state index in [1.165, 1.54) is 41.8 Å². The largest absolute Gasteiger partial charge is 0.369 e. The Hall–Kier alpha value is -2.33. The highest BCUT2D eigenvalue weighted by atomic mass is 16.2. The number of hydrogen-bond donors (Lipinski definition) is 0. The number of nitrogens with zero attached hydrogens (tertiary/aromatic N) is 3. The van der Waals surface area contributed by atoms with Crippen molar-refractivity contribution in [2.24, 2.45) is 0 Å². The maximum absolute atomic E-state index is 11.8. The van der Waals surface area contributed by atoms with Gasteiger partial charge in [0.25, 0.3) is 0 Å². The molecule has 4 rings (SSSR count). The van der Waals surface area contributed by atoms with Crippen LogP contribution in [0.2, 0.25) is 0 Å². The van der Waals surface area contributed by atoms with Gasteiger partial charge in [-0.1, -0.05) is 42.0 Å². The lowest BCUT2D eigenvalue weighted by Crippen LogP contribution is -2.46. The zero-order valence-electron chi connectivity index (χ0n) is 18.5. The van der Waals surface area contributed by atoms with Crippen LogP contribution in [0.25, 0.3) is 0 Å². The summed E-state index contributed by atoms with van der Waals surface area (Å²) in [7, 11) is 1.93. The summed E-state index contributed by atoms with van der Waals surface area (Å²) in [6.07, 6.45) is 5.27. The van der Waals surface area contributed by atoms with Gasteiger partial charge in [-0.2, -0.15) is 0 Å². The fourth-order valence-corrected chi connectivity index (χ4v) is 4.75. The van der Waals surface area contributed by atoms with Crippen LogP contribution in [-0.4, -0.2) is 55.5 Å². The van der Waals surface area contributed by atoms with E-state index in [9.17, 15) is 4.79 Å². The summed E-state index contributed by atoms with van der Waals surface area (Å²) < 4.78 is 0. The number of aryl methyl sites for hydroxylation is 2. The SMILES string of the molecule is Cc1ccc(N2CCN(CCCCc3ccc(C4CCC(=O)N4C)cc3)CC2)cc1. The Balaban J connectivity index is 1.15. The molecule has 2 aromatic rings. The van der Waals surface area contributed by atoms with Gasteiger partial charge in [-0.3, -0.25) is 9.69 Å². The van der Waals surface area contributed by atoms with Gasteiger partial charge in [0.1, 0.15) is 0 Å². The van der Waals surface area contributed by atoms with E-state index in [1.807, 2.05) is 11.9 Å². The second-order valence-corrected chi connectivity index (χ2v) is 8.92. The Morgan fingerprint density at radius 1 is 0.900 bits per heavy atom. The Labute approximate surface area is 181 Å². The molecule has 1 atom stereocenters. The van der Waals surface area contributed by atoms with Crippen LogP contribution in [0.4, 0.5) is 5.69 Å². The lowest BCUT2D eigenvalue weighted by atomic mass is 10.0. The van der Waals surface area contributed by atoms with E-state index >= 15 is 0 Å². The van der Waals surface area contributed by atoms with Gasteiger partial charge in [0.05, 0.1) is 6.04 Å². The number of unbranched alkanes of at least 4 members (excludes halogenated alkanes) is 1. The molecule has 1 amide bonds. The minimum absolute atomic E-state index is 0.267. The molecular formula is C26H35N3O. The highest BCUT2D eigenvalue weighted by Gasteiger charge is 2.28. The van der Waals surface area contributed by atoms with E-state index in [-0.39, 0.29) is 11.9 Å².